The minimum absolute atomic E-state index is 0.0809. The van der Waals surface area contributed by atoms with Crippen molar-refractivity contribution in [2.45, 2.75) is 71.1 Å². The van der Waals surface area contributed by atoms with E-state index in [0.29, 0.717) is 30.1 Å². The fourth-order valence-corrected chi connectivity index (χ4v) is 4.87. The van der Waals surface area contributed by atoms with Crippen LogP contribution in [0.1, 0.15) is 65.0 Å². The molecule has 2 aromatic rings. The van der Waals surface area contributed by atoms with E-state index < -0.39 is 41.3 Å². The van der Waals surface area contributed by atoms with Crippen LogP contribution in [0.25, 0.3) is 0 Å². The van der Waals surface area contributed by atoms with Crippen LogP contribution in [-0.2, 0) is 10.8 Å². The summed E-state index contributed by atoms with van der Waals surface area (Å²) in [7, 11) is 0. The van der Waals surface area contributed by atoms with Crippen molar-refractivity contribution >= 4 is 5.69 Å². The molecule has 1 aliphatic heterocycles. The predicted molar refractivity (Wildman–Crippen MR) is 126 cm³/mol. The maximum atomic E-state index is 14.8. The minimum Gasteiger partial charge on any atom is -0.488 e. The van der Waals surface area contributed by atoms with E-state index in [2.05, 4.69) is 0 Å². The summed E-state index contributed by atoms with van der Waals surface area (Å²) in [5.41, 5.74) is 0.186. The summed E-state index contributed by atoms with van der Waals surface area (Å²) in [5.74, 6) is -1.70. The van der Waals surface area contributed by atoms with E-state index >= 15 is 0 Å². The maximum absolute atomic E-state index is 14.8. The molecule has 3 rings (SSSR count). The third-order valence-electron chi connectivity index (χ3n) is 6.67. The third kappa shape index (κ3) is 6.02. The van der Waals surface area contributed by atoms with Crippen molar-refractivity contribution < 1.29 is 26.7 Å². The molecule has 1 saturated heterocycles. The van der Waals surface area contributed by atoms with Gasteiger partial charge in [-0.3, -0.25) is 0 Å². The second kappa shape index (κ2) is 10.1. The lowest BCUT2D eigenvalue weighted by molar-refractivity contribution is 0.0817. The van der Waals surface area contributed by atoms with E-state index in [1.54, 1.807) is 18.2 Å². The van der Waals surface area contributed by atoms with Crippen LogP contribution in [0.15, 0.2) is 30.3 Å². The summed E-state index contributed by atoms with van der Waals surface area (Å²) in [6.07, 6.45) is -0.341. The van der Waals surface area contributed by atoms with Crippen molar-refractivity contribution in [3.63, 3.8) is 0 Å². The van der Waals surface area contributed by atoms with Gasteiger partial charge in [-0.15, -0.1) is 0 Å². The van der Waals surface area contributed by atoms with Gasteiger partial charge in [0.05, 0.1) is 5.69 Å². The van der Waals surface area contributed by atoms with Crippen molar-refractivity contribution in [2.24, 2.45) is 5.92 Å². The van der Waals surface area contributed by atoms with E-state index in [1.807, 2.05) is 39.5 Å². The van der Waals surface area contributed by atoms with Gasteiger partial charge in [-0.25, -0.2) is 22.0 Å². The molecule has 188 valence electrons. The maximum Gasteiger partial charge on any atom is 0.272 e. The van der Waals surface area contributed by atoms with Crippen LogP contribution >= 0.6 is 0 Å². The van der Waals surface area contributed by atoms with Gasteiger partial charge in [0.1, 0.15) is 18.2 Å². The predicted octanol–water partition coefficient (Wildman–Crippen LogP) is 7.63. The lowest BCUT2D eigenvalue weighted by Gasteiger charge is -2.38. The Morgan fingerprint density at radius 2 is 1.53 bits per heavy atom. The molecule has 1 heterocycles. The Hall–Kier alpha value is -2.31. The van der Waals surface area contributed by atoms with E-state index in [-0.39, 0.29) is 11.4 Å². The molecule has 2 nitrogen and oxygen atoms in total. The Morgan fingerprint density at radius 1 is 0.912 bits per heavy atom. The van der Waals surface area contributed by atoms with Crippen LogP contribution in [-0.4, -0.2) is 26.1 Å². The third-order valence-corrected chi connectivity index (χ3v) is 6.67. The number of rotatable bonds is 7. The smallest absolute Gasteiger partial charge is 0.272 e. The molecule has 7 heteroatoms. The SMILES string of the molecule is CC(C)(C)c1ccc(N2CCC(CC(C)(C)c3ccc(OCC(F)F)cc3F)CC2)c(F)c1F. The fraction of sp³-hybridized carbons (Fsp3) is 0.556. The standard InChI is InChI=1S/C27H34F5NO/c1-26(2,3)20-8-9-22(25(32)24(20)31)33-12-10-17(11-13-33)15-27(4,5)19-7-6-18(14-21(19)28)34-16-23(29)30/h6-9,14,17,23H,10-13,15-16H2,1-5H3. The number of halogens is 5. The van der Waals surface area contributed by atoms with Crippen molar-refractivity contribution in [1.29, 1.82) is 0 Å². The molecule has 2 aromatic carbocycles. The first-order valence-electron chi connectivity index (χ1n) is 11.7. The molecule has 0 unspecified atom stereocenters. The van der Waals surface area contributed by atoms with Crippen LogP contribution in [0.4, 0.5) is 27.6 Å². The molecule has 34 heavy (non-hydrogen) atoms. The number of piperidine rings is 1. The van der Waals surface area contributed by atoms with E-state index in [9.17, 15) is 22.0 Å². The molecular weight excluding hydrogens is 449 g/mol. The van der Waals surface area contributed by atoms with Gasteiger partial charge in [0.2, 0.25) is 0 Å². The zero-order valence-electron chi connectivity index (χ0n) is 20.5. The molecule has 0 radical (unpaired) electrons. The molecule has 0 N–H and O–H groups in total. The normalized spacial score (nSPS) is 15.8. The molecular formula is C27H34F5NO. The quantitative estimate of drug-likeness (QED) is 0.376. The largest absolute Gasteiger partial charge is 0.488 e. The van der Waals surface area contributed by atoms with E-state index in [4.69, 9.17) is 4.74 Å². The first-order valence-corrected chi connectivity index (χ1v) is 11.7. The molecule has 0 saturated carbocycles. The van der Waals surface area contributed by atoms with Crippen molar-refractivity contribution in [3.8, 4) is 5.75 Å². The number of hydrogen-bond acceptors (Lipinski definition) is 2. The second-order valence-corrected chi connectivity index (χ2v) is 10.9. The highest BCUT2D eigenvalue weighted by Gasteiger charge is 2.32. The van der Waals surface area contributed by atoms with Gasteiger partial charge in [-0.1, -0.05) is 46.8 Å². The van der Waals surface area contributed by atoms with E-state index in [0.717, 1.165) is 25.3 Å². The molecule has 0 bridgehead atoms. The highest BCUT2D eigenvalue weighted by Crippen LogP contribution is 2.38. The molecule has 0 spiro atoms. The summed E-state index contributed by atoms with van der Waals surface area (Å²) in [4.78, 5) is 1.88. The van der Waals surface area contributed by atoms with Crippen LogP contribution in [0.5, 0.6) is 5.75 Å². The topological polar surface area (TPSA) is 12.5 Å². The lowest BCUT2D eigenvalue weighted by Crippen LogP contribution is -2.36. The van der Waals surface area contributed by atoms with Crippen molar-refractivity contribution in [2.75, 3.05) is 24.6 Å². The van der Waals surface area contributed by atoms with Crippen LogP contribution in [0.3, 0.4) is 0 Å². The summed E-state index contributed by atoms with van der Waals surface area (Å²) in [6.45, 7) is 9.88. The van der Waals surface area contributed by atoms with Crippen LogP contribution in [0.2, 0.25) is 0 Å². The Labute approximate surface area is 199 Å². The highest BCUT2D eigenvalue weighted by atomic mass is 19.3. The Kier molecular flexibility index (Phi) is 7.83. The number of anilines is 1. The van der Waals surface area contributed by atoms with Gasteiger partial charge < -0.3 is 9.64 Å². The monoisotopic (exact) mass is 483 g/mol. The number of nitrogens with zero attached hydrogens (tertiary/aromatic N) is 1. The Morgan fingerprint density at radius 3 is 2.09 bits per heavy atom. The lowest BCUT2D eigenvalue weighted by atomic mass is 9.74. The number of benzene rings is 2. The zero-order chi connectivity index (χ0) is 25.3. The first-order chi connectivity index (χ1) is 15.8. The Bertz CT molecular complexity index is 991. The molecule has 0 aliphatic carbocycles. The van der Waals surface area contributed by atoms with Gasteiger partial charge in [0.25, 0.3) is 6.43 Å². The molecule has 0 amide bonds. The van der Waals surface area contributed by atoms with Gasteiger partial charge in [-0.2, -0.15) is 0 Å². The summed E-state index contributed by atoms with van der Waals surface area (Å²) in [6, 6.07) is 7.60. The molecule has 1 aliphatic rings. The Balaban J connectivity index is 1.64. The van der Waals surface area contributed by atoms with Crippen molar-refractivity contribution in [1.82, 2.24) is 0 Å². The first kappa shape index (κ1) is 26.3. The summed E-state index contributed by atoms with van der Waals surface area (Å²) < 4.78 is 73.8. The number of hydrogen-bond donors (Lipinski definition) is 0. The number of alkyl halides is 2. The molecule has 0 atom stereocenters. The summed E-state index contributed by atoms with van der Waals surface area (Å²) in [5, 5.41) is 0. The van der Waals surface area contributed by atoms with Gasteiger partial charge in [0, 0.05) is 19.2 Å². The highest BCUT2D eigenvalue weighted by molar-refractivity contribution is 5.51. The number of ether oxygens (including phenoxy) is 1. The summed E-state index contributed by atoms with van der Waals surface area (Å²) >= 11 is 0. The van der Waals surface area contributed by atoms with E-state index in [1.165, 1.54) is 6.07 Å². The van der Waals surface area contributed by atoms with Crippen LogP contribution in [0, 0.1) is 23.4 Å². The van der Waals surface area contributed by atoms with Gasteiger partial charge in [-0.05, 0) is 59.3 Å². The fourth-order valence-electron chi connectivity index (χ4n) is 4.87. The zero-order valence-corrected chi connectivity index (χ0v) is 20.5. The average molecular weight is 484 g/mol. The minimum atomic E-state index is -2.62. The molecule has 1 fully saturated rings. The van der Waals surface area contributed by atoms with Gasteiger partial charge in [0.15, 0.2) is 11.6 Å². The van der Waals surface area contributed by atoms with Crippen LogP contribution < -0.4 is 9.64 Å². The second-order valence-electron chi connectivity index (χ2n) is 10.9. The molecule has 0 aromatic heterocycles. The average Bonchev–Trinajstić information content (AvgIpc) is 2.73. The van der Waals surface area contributed by atoms with Crippen molar-refractivity contribution in [3.05, 3.63) is 58.9 Å². The van der Waals surface area contributed by atoms with Gasteiger partial charge >= 0.3 is 0 Å².